The monoisotopic (exact) mass is 357 g/mol. The summed E-state index contributed by atoms with van der Waals surface area (Å²) in [5, 5.41) is 2.96. The van der Waals surface area contributed by atoms with E-state index in [-0.39, 0.29) is 17.7 Å². The number of oxazole rings is 1. The van der Waals surface area contributed by atoms with Crippen molar-refractivity contribution in [1.29, 1.82) is 0 Å². The molecular weight excluding hydrogens is 334 g/mol. The van der Waals surface area contributed by atoms with Gasteiger partial charge < -0.3 is 14.6 Å². The molecule has 0 unspecified atom stereocenters. The molecule has 3 rings (SSSR count). The van der Waals surface area contributed by atoms with Crippen molar-refractivity contribution in [3.63, 3.8) is 0 Å². The molecule has 8 nitrogen and oxygen atoms in total. The van der Waals surface area contributed by atoms with E-state index >= 15 is 0 Å². The Hall–Kier alpha value is -2.77. The molecule has 0 bridgehead atoms. The highest BCUT2D eigenvalue weighted by Gasteiger charge is 2.27. The van der Waals surface area contributed by atoms with Gasteiger partial charge in [0.2, 0.25) is 0 Å². The number of amides is 2. The number of nitrogens with one attached hydrogen (secondary N) is 1. The van der Waals surface area contributed by atoms with Gasteiger partial charge in [0.15, 0.2) is 12.1 Å². The summed E-state index contributed by atoms with van der Waals surface area (Å²) in [5.74, 6) is 0.446. The van der Waals surface area contributed by atoms with Gasteiger partial charge in [0.25, 0.3) is 11.8 Å². The second kappa shape index (κ2) is 7.63. The van der Waals surface area contributed by atoms with Crippen LogP contribution in [0.5, 0.6) is 0 Å². The number of rotatable bonds is 4. The minimum atomic E-state index is -0.170. The zero-order valence-electron chi connectivity index (χ0n) is 15.3. The SMILES string of the molecule is Cc1ncnc(C)c1C(=O)NC[C@H]1CCCN(C(=O)c2ncoc2C)C1. The number of hydrogen-bond donors (Lipinski definition) is 1. The average molecular weight is 357 g/mol. The van der Waals surface area contributed by atoms with E-state index in [4.69, 9.17) is 4.42 Å². The largest absolute Gasteiger partial charge is 0.448 e. The fourth-order valence-electron chi connectivity index (χ4n) is 3.32. The highest BCUT2D eigenvalue weighted by molar-refractivity contribution is 5.96. The fraction of sp³-hybridized carbons (Fsp3) is 0.500. The number of piperidine rings is 1. The van der Waals surface area contributed by atoms with E-state index in [1.807, 2.05) is 0 Å². The third-order valence-electron chi connectivity index (χ3n) is 4.76. The van der Waals surface area contributed by atoms with Crippen LogP contribution in [-0.4, -0.2) is 51.3 Å². The number of carbonyl (C=O) groups excluding carboxylic acids is 2. The van der Waals surface area contributed by atoms with Crippen LogP contribution >= 0.6 is 0 Å². The van der Waals surface area contributed by atoms with Crippen molar-refractivity contribution in [3.05, 3.63) is 41.1 Å². The van der Waals surface area contributed by atoms with E-state index in [1.54, 1.807) is 25.7 Å². The number of likely N-dealkylation sites (tertiary alicyclic amines) is 1. The van der Waals surface area contributed by atoms with Crippen LogP contribution in [0, 0.1) is 26.7 Å². The summed E-state index contributed by atoms with van der Waals surface area (Å²) in [5.41, 5.74) is 2.21. The lowest BCUT2D eigenvalue weighted by atomic mass is 9.97. The molecule has 0 aliphatic carbocycles. The molecule has 8 heteroatoms. The van der Waals surface area contributed by atoms with Crippen molar-refractivity contribution >= 4 is 11.8 Å². The highest BCUT2D eigenvalue weighted by atomic mass is 16.3. The third-order valence-corrected chi connectivity index (χ3v) is 4.76. The molecule has 3 heterocycles. The number of carbonyl (C=O) groups is 2. The molecular formula is C18H23N5O3. The Morgan fingerprint density at radius 1 is 1.23 bits per heavy atom. The summed E-state index contributed by atoms with van der Waals surface area (Å²) >= 11 is 0. The van der Waals surface area contributed by atoms with Crippen LogP contribution < -0.4 is 5.32 Å². The minimum absolute atomic E-state index is 0.115. The molecule has 1 fully saturated rings. The summed E-state index contributed by atoms with van der Waals surface area (Å²) in [7, 11) is 0. The van der Waals surface area contributed by atoms with Gasteiger partial charge in [-0.1, -0.05) is 0 Å². The van der Waals surface area contributed by atoms with Gasteiger partial charge >= 0.3 is 0 Å². The maximum atomic E-state index is 12.6. The zero-order valence-corrected chi connectivity index (χ0v) is 15.3. The van der Waals surface area contributed by atoms with Gasteiger partial charge in [0.1, 0.15) is 12.1 Å². The molecule has 1 aliphatic rings. The van der Waals surface area contributed by atoms with Crippen LogP contribution in [0.1, 0.15) is 50.8 Å². The summed E-state index contributed by atoms with van der Waals surface area (Å²) in [6.45, 7) is 7.12. The Kier molecular flexibility index (Phi) is 5.29. The number of aromatic nitrogens is 3. The van der Waals surface area contributed by atoms with E-state index < -0.39 is 0 Å². The summed E-state index contributed by atoms with van der Waals surface area (Å²) < 4.78 is 5.13. The van der Waals surface area contributed by atoms with E-state index in [9.17, 15) is 9.59 Å². The van der Waals surface area contributed by atoms with Crippen LogP contribution in [-0.2, 0) is 0 Å². The van der Waals surface area contributed by atoms with Gasteiger partial charge in [0.05, 0.1) is 17.0 Å². The lowest BCUT2D eigenvalue weighted by Crippen LogP contribution is -2.44. The molecule has 2 aromatic heterocycles. The quantitative estimate of drug-likeness (QED) is 0.893. The van der Waals surface area contributed by atoms with Crippen LogP contribution in [0.3, 0.4) is 0 Å². The zero-order chi connectivity index (χ0) is 18.7. The van der Waals surface area contributed by atoms with E-state index in [1.165, 1.54) is 12.7 Å². The second-order valence-corrected chi connectivity index (χ2v) is 6.65. The fourth-order valence-corrected chi connectivity index (χ4v) is 3.32. The Morgan fingerprint density at radius 2 is 1.96 bits per heavy atom. The smallest absolute Gasteiger partial charge is 0.276 e. The Morgan fingerprint density at radius 3 is 2.62 bits per heavy atom. The highest BCUT2D eigenvalue weighted by Crippen LogP contribution is 2.19. The first-order chi connectivity index (χ1) is 12.5. The molecule has 138 valence electrons. The maximum Gasteiger partial charge on any atom is 0.276 e. The first kappa shape index (κ1) is 18.0. The van der Waals surface area contributed by atoms with Gasteiger partial charge in [-0.3, -0.25) is 9.59 Å². The Bertz CT molecular complexity index is 797. The number of aryl methyl sites for hydroxylation is 3. The van der Waals surface area contributed by atoms with Gasteiger partial charge in [-0.2, -0.15) is 0 Å². The molecule has 26 heavy (non-hydrogen) atoms. The average Bonchev–Trinajstić information content (AvgIpc) is 3.05. The molecule has 1 N–H and O–H groups in total. The second-order valence-electron chi connectivity index (χ2n) is 6.65. The van der Waals surface area contributed by atoms with E-state index in [0.29, 0.717) is 48.0 Å². The lowest BCUT2D eigenvalue weighted by Gasteiger charge is -2.32. The van der Waals surface area contributed by atoms with Gasteiger partial charge in [-0.05, 0) is 39.5 Å². The molecule has 1 atom stereocenters. The van der Waals surface area contributed by atoms with Crippen molar-refractivity contribution in [2.24, 2.45) is 5.92 Å². The van der Waals surface area contributed by atoms with Crippen molar-refractivity contribution in [2.45, 2.75) is 33.6 Å². The lowest BCUT2D eigenvalue weighted by molar-refractivity contribution is 0.0664. The summed E-state index contributed by atoms with van der Waals surface area (Å²) in [6.07, 6.45) is 4.61. The van der Waals surface area contributed by atoms with Crippen molar-refractivity contribution in [1.82, 2.24) is 25.2 Å². The maximum absolute atomic E-state index is 12.6. The predicted molar refractivity (Wildman–Crippen MR) is 93.7 cm³/mol. The normalized spacial score (nSPS) is 17.2. The summed E-state index contributed by atoms with van der Waals surface area (Å²) in [4.78, 5) is 39.0. The molecule has 2 amide bonds. The number of nitrogens with zero attached hydrogens (tertiary/aromatic N) is 4. The van der Waals surface area contributed by atoms with Gasteiger partial charge in [0, 0.05) is 19.6 Å². The van der Waals surface area contributed by atoms with Gasteiger partial charge in [-0.25, -0.2) is 15.0 Å². The van der Waals surface area contributed by atoms with Crippen molar-refractivity contribution in [2.75, 3.05) is 19.6 Å². The summed E-state index contributed by atoms with van der Waals surface area (Å²) in [6, 6.07) is 0. The predicted octanol–water partition coefficient (Wildman–Crippen LogP) is 1.67. The van der Waals surface area contributed by atoms with Crippen LogP contribution in [0.25, 0.3) is 0 Å². The molecule has 0 aromatic carbocycles. The topological polar surface area (TPSA) is 101 Å². The van der Waals surface area contributed by atoms with Crippen LogP contribution in [0.15, 0.2) is 17.1 Å². The third kappa shape index (κ3) is 3.74. The van der Waals surface area contributed by atoms with Crippen LogP contribution in [0.2, 0.25) is 0 Å². The molecule has 0 saturated carbocycles. The molecule has 0 spiro atoms. The molecule has 1 aliphatic heterocycles. The number of hydrogen-bond acceptors (Lipinski definition) is 6. The molecule has 1 saturated heterocycles. The first-order valence-corrected chi connectivity index (χ1v) is 8.73. The Labute approximate surface area is 152 Å². The van der Waals surface area contributed by atoms with Crippen molar-refractivity contribution in [3.8, 4) is 0 Å². The Balaban J connectivity index is 1.60. The molecule has 2 aromatic rings. The molecule has 0 radical (unpaired) electrons. The van der Waals surface area contributed by atoms with E-state index in [2.05, 4.69) is 20.3 Å². The van der Waals surface area contributed by atoms with Gasteiger partial charge in [-0.15, -0.1) is 0 Å². The standard InChI is InChI=1S/C18H23N5O3/c1-11-15(12(2)21-9-20-11)17(24)19-7-14-5-4-6-23(8-14)18(25)16-13(3)26-10-22-16/h9-10,14H,4-8H2,1-3H3,(H,19,24)/t14-/m1/s1. The van der Waals surface area contributed by atoms with E-state index in [0.717, 1.165) is 12.8 Å². The van der Waals surface area contributed by atoms with Crippen LogP contribution in [0.4, 0.5) is 0 Å². The first-order valence-electron chi connectivity index (χ1n) is 8.73. The van der Waals surface area contributed by atoms with Crippen molar-refractivity contribution < 1.29 is 14.0 Å². The minimum Gasteiger partial charge on any atom is -0.448 e.